The molecule has 1 aliphatic carbocycles. The van der Waals surface area contributed by atoms with Gasteiger partial charge in [0, 0.05) is 64.6 Å². The number of fused-ring (bicyclic) bond motifs is 2. The van der Waals surface area contributed by atoms with Crippen molar-refractivity contribution in [2.45, 2.75) is 76.8 Å². The Labute approximate surface area is 244 Å². The number of alkyl halides is 3. The molecule has 1 N–H and O–H groups in total. The topological polar surface area (TPSA) is 101 Å². The summed E-state index contributed by atoms with van der Waals surface area (Å²) in [6.07, 6.45) is -0.348. The van der Waals surface area contributed by atoms with E-state index in [2.05, 4.69) is 4.98 Å². The van der Waals surface area contributed by atoms with Crippen LogP contribution < -0.4 is 0 Å². The number of pyridine rings is 1. The molecule has 1 aromatic rings. The number of methoxy groups -OCH3 is 1. The molecule has 5 rings (SSSR count). The summed E-state index contributed by atoms with van der Waals surface area (Å²) in [6.45, 7) is 5.60. The van der Waals surface area contributed by atoms with E-state index in [1.54, 1.807) is 30.8 Å². The molecule has 234 valence electrons. The van der Waals surface area contributed by atoms with Crippen LogP contribution >= 0.6 is 0 Å². The van der Waals surface area contributed by atoms with Crippen molar-refractivity contribution >= 4 is 12.0 Å². The number of hydrogen-bond donors (Lipinski definition) is 1. The van der Waals surface area contributed by atoms with Crippen molar-refractivity contribution in [3.63, 3.8) is 0 Å². The molecule has 2 unspecified atom stereocenters. The van der Waals surface area contributed by atoms with Gasteiger partial charge in [0.25, 0.3) is 0 Å². The van der Waals surface area contributed by atoms with Gasteiger partial charge in [0.05, 0.1) is 35.9 Å². The van der Waals surface area contributed by atoms with Crippen molar-refractivity contribution in [1.82, 2.24) is 14.8 Å². The van der Waals surface area contributed by atoms with E-state index in [0.717, 1.165) is 31.5 Å². The monoisotopic (exact) mass is 597 g/mol. The lowest BCUT2D eigenvalue weighted by atomic mass is 9.78. The van der Waals surface area contributed by atoms with Gasteiger partial charge in [-0.2, -0.15) is 13.2 Å². The Hall–Kier alpha value is -2.44. The quantitative estimate of drug-likeness (QED) is 0.506. The molecule has 2 saturated heterocycles. The first-order valence-corrected chi connectivity index (χ1v) is 14.9. The number of amides is 2. The maximum Gasteiger partial charge on any atom is 0.417 e. The van der Waals surface area contributed by atoms with Gasteiger partial charge in [0.2, 0.25) is 5.91 Å². The average molecular weight is 598 g/mol. The third-order valence-electron chi connectivity index (χ3n) is 9.62. The lowest BCUT2D eigenvalue weighted by Crippen LogP contribution is -2.49. The van der Waals surface area contributed by atoms with E-state index in [0.29, 0.717) is 56.3 Å². The molecule has 5 atom stereocenters. The van der Waals surface area contributed by atoms with Crippen LogP contribution in [-0.4, -0.2) is 90.2 Å². The Bertz CT molecular complexity index is 1160. The van der Waals surface area contributed by atoms with E-state index in [9.17, 15) is 27.9 Å². The van der Waals surface area contributed by atoms with Crippen LogP contribution in [0.1, 0.15) is 62.8 Å². The van der Waals surface area contributed by atoms with E-state index in [-0.39, 0.29) is 50.0 Å². The predicted molar refractivity (Wildman–Crippen MR) is 145 cm³/mol. The first kappa shape index (κ1) is 31.0. The highest BCUT2D eigenvalue weighted by Crippen LogP contribution is 2.54. The van der Waals surface area contributed by atoms with Gasteiger partial charge in [0.15, 0.2) is 0 Å². The van der Waals surface area contributed by atoms with Crippen molar-refractivity contribution in [1.29, 1.82) is 0 Å². The number of aromatic nitrogens is 1. The van der Waals surface area contributed by atoms with Crippen LogP contribution in [0.2, 0.25) is 0 Å². The van der Waals surface area contributed by atoms with Crippen LogP contribution in [0.4, 0.5) is 18.0 Å². The van der Waals surface area contributed by atoms with Crippen molar-refractivity contribution in [2.24, 2.45) is 23.2 Å². The van der Waals surface area contributed by atoms with Gasteiger partial charge in [0.1, 0.15) is 0 Å². The summed E-state index contributed by atoms with van der Waals surface area (Å²) in [4.78, 5) is 34.7. The second-order valence-corrected chi connectivity index (χ2v) is 13.2. The van der Waals surface area contributed by atoms with Gasteiger partial charge in [-0.05, 0) is 68.9 Å². The molecule has 42 heavy (non-hydrogen) atoms. The number of rotatable bonds is 7. The summed E-state index contributed by atoms with van der Waals surface area (Å²) in [5.74, 6) is 0.374. The third-order valence-corrected chi connectivity index (χ3v) is 9.62. The molecule has 0 spiro atoms. The van der Waals surface area contributed by atoms with Crippen LogP contribution in [0.5, 0.6) is 0 Å². The zero-order chi connectivity index (χ0) is 30.3. The first-order chi connectivity index (χ1) is 19.8. The molecule has 12 heteroatoms. The summed E-state index contributed by atoms with van der Waals surface area (Å²) in [5.41, 5.74) is -1.63. The highest BCUT2D eigenvalue weighted by molar-refractivity contribution is 5.85. The number of hydrogen-bond acceptors (Lipinski definition) is 7. The van der Waals surface area contributed by atoms with Gasteiger partial charge in [-0.15, -0.1) is 0 Å². The minimum absolute atomic E-state index is 0.00187. The lowest BCUT2D eigenvalue weighted by Gasteiger charge is -2.37. The Balaban J connectivity index is 1.34. The van der Waals surface area contributed by atoms with Gasteiger partial charge < -0.3 is 29.1 Å². The normalized spacial score (nSPS) is 29.8. The Kier molecular flexibility index (Phi) is 8.80. The van der Waals surface area contributed by atoms with Crippen LogP contribution in [0.25, 0.3) is 0 Å². The summed E-state index contributed by atoms with van der Waals surface area (Å²) in [7, 11) is 1.69. The minimum Gasteiger partial charge on any atom is -0.449 e. The van der Waals surface area contributed by atoms with E-state index in [4.69, 9.17) is 14.2 Å². The molecule has 3 aliphatic heterocycles. The number of carbonyl (C=O) groups excluding carboxylic acids is 2. The molecule has 1 saturated carbocycles. The van der Waals surface area contributed by atoms with E-state index < -0.39 is 28.8 Å². The molecule has 1 aromatic heterocycles. The van der Waals surface area contributed by atoms with Crippen LogP contribution in [-0.2, 0) is 38.1 Å². The smallest absolute Gasteiger partial charge is 0.417 e. The van der Waals surface area contributed by atoms with Crippen molar-refractivity contribution < 1.29 is 42.1 Å². The van der Waals surface area contributed by atoms with Crippen molar-refractivity contribution in [3.05, 3.63) is 29.1 Å². The zero-order valence-corrected chi connectivity index (χ0v) is 24.6. The van der Waals surface area contributed by atoms with Crippen LogP contribution in [0.3, 0.4) is 0 Å². The Morgan fingerprint density at radius 1 is 1.26 bits per heavy atom. The number of likely N-dealkylation sites (tertiary alicyclic amines) is 1. The number of ether oxygens (including phenoxy) is 3. The van der Waals surface area contributed by atoms with E-state index in [1.807, 2.05) is 0 Å². The molecule has 9 nitrogen and oxygen atoms in total. The SMILES string of the molecule is COC1COCCC1C[C@@H]1C[C@H]2CN(C(=O)OCCC(C)(C)O)C[C@@]2(C(=O)N2CCc3ncc(C(F)(F)F)cc3C2)C1. The highest BCUT2D eigenvalue weighted by atomic mass is 19.4. The Morgan fingerprint density at radius 3 is 2.76 bits per heavy atom. The molecule has 4 aliphatic rings. The number of aliphatic hydroxyl groups is 1. The molecule has 3 fully saturated rings. The fourth-order valence-corrected chi connectivity index (χ4v) is 7.42. The number of nitrogens with zero attached hydrogens (tertiary/aromatic N) is 3. The summed E-state index contributed by atoms with van der Waals surface area (Å²) >= 11 is 0. The fraction of sp³-hybridized carbons (Fsp3) is 0.767. The largest absolute Gasteiger partial charge is 0.449 e. The van der Waals surface area contributed by atoms with Gasteiger partial charge in [-0.3, -0.25) is 9.78 Å². The van der Waals surface area contributed by atoms with Crippen LogP contribution in [0.15, 0.2) is 12.3 Å². The highest BCUT2D eigenvalue weighted by Gasteiger charge is 2.60. The first-order valence-electron chi connectivity index (χ1n) is 14.9. The minimum atomic E-state index is -4.52. The van der Waals surface area contributed by atoms with E-state index in [1.165, 1.54) is 0 Å². The number of carbonyl (C=O) groups is 2. The van der Waals surface area contributed by atoms with Crippen LogP contribution in [0, 0.1) is 23.2 Å². The zero-order valence-electron chi connectivity index (χ0n) is 24.6. The molecule has 0 radical (unpaired) electrons. The van der Waals surface area contributed by atoms with Gasteiger partial charge in [-0.25, -0.2) is 4.79 Å². The maximum atomic E-state index is 14.4. The molecular weight excluding hydrogens is 555 g/mol. The fourth-order valence-electron chi connectivity index (χ4n) is 7.42. The molecular formula is C30H42F3N3O6. The molecule has 2 amide bonds. The molecule has 0 aromatic carbocycles. The second-order valence-electron chi connectivity index (χ2n) is 13.2. The van der Waals surface area contributed by atoms with Gasteiger partial charge >= 0.3 is 12.3 Å². The third kappa shape index (κ3) is 6.55. The van der Waals surface area contributed by atoms with E-state index >= 15 is 0 Å². The Morgan fingerprint density at radius 2 is 2.05 bits per heavy atom. The average Bonchev–Trinajstić information content (AvgIpc) is 3.46. The van der Waals surface area contributed by atoms with Crippen molar-refractivity contribution in [3.8, 4) is 0 Å². The van der Waals surface area contributed by atoms with Gasteiger partial charge in [-0.1, -0.05) is 0 Å². The number of halogens is 3. The summed E-state index contributed by atoms with van der Waals surface area (Å²) in [5, 5.41) is 9.98. The second kappa shape index (κ2) is 11.9. The summed E-state index contributed by atoms with van der Waals surface area (Å²) < 4.78 is 56.9. The summed E-state index contributed by atoms with van der Waals surface area (Å²) in [6, 6.07) is 1.10. The van der Waals surface area contributed by atoms with Crippen molar-refractivity contribution in [2.75, 3.05) is 46.6 Å². The predicted octanol–water partition coefficient (Wildman–Crippen LogP) is 4.05. The molecule has 4 heterocycles. The molecule has 0 bridgehead atoms. The standard InChI is InChI=1S/C30H42F3N3O6/c1-28(2,39)6-9-42-27(38)36-16-23-11-19(10-20-5-8-41-17-25(20)40-3)13-29(23,18-36)26(37)35-7-4-24-21(15-35)12-22(14-34-24)30(31,32)33/h12,14,19-20,23,25,39H,4-11,13,15-18H2,1-3H3/t19-,20?,23+,25?,29+/m1/s1. The lowest BCUT2D eigenvalue weighted by molar-refractivity contribution is -0.144. The maximum absolute atomic E-state index is 14.4.